The summed E-state index contributed by atoms with van der Waals surface area (Å²) in [7, 11) is 0. The molecule has 94 valence electrons. The minimum atomic E-state index is -0.229. The average Bonchev–Trinajstić information content (AvgIpc) is 2.40. The Hall–Kier alpha value is -0.770. The van der Waals surface area contributed by atoms with E-state index in [4.69, 9.17) is 0 Å². The van der Waals surface area contributed by atoms with Crippen LogP contribution in [0.5, 0.6) is 0 Å². The number of fused-ring (bicyclic) bond motifs is 1. The van der Waals surface area contributed by atoms with Gasteiger partial charge < -0.3 is 10.6 Å². The zero-order valence-corrected chi connectivity index (χ0v) is 12.0. The maximum absolute atomic E-state index is 13.5. The van der Waals surface area contributed by atoms with E-state index >= 15 is 0 Å². The van der Waals surface area contributed by atoms with Crippen molar-refractivity contribution in [3.63, 3.8) is 0 Å². The van der Waals surface area contributed by atoms with Gasteiger partial charge in [-0.3, -0.25) is 0 Å². The highest BCUT2D eigenvalue weighted by molar-refractivity contribution is 9.10. The molecule has 2 N–H and O–H groups in total. The van der Waals surface area contributed by atoms with Crippen molar-refractivity contribution >= 4 is 27.3 Å². The molecule has 0 fully saturated rings. The zero-order valence-electron chi connectivity index (χ0n) is 10.4. The summed E-state index contributed by atoms with van der Waals surface area (Å²) in [5.41, 5.74) is 2.00. The number of halogens is 2. The molecule has 0 radical (unpaired) electrons. The van der Waals surface area contributed by atoms with E-state index in [-0.39, 0.29) is 11.2 Å². The molecule has 0 aliphatic carbocycles. The molecule has 1 heterocycles. The molecule has 2 nitrogen and oxygen atoms in total. The lowest BCUT2D eigenvalue weighted by Crippen LogP contribution is -2.34. The fraction of sp³-hybridized carbons (Fsp3) is 0.538. The largest absolute Gasteiger partial charge is 0.383 e. The first kappa shape index (κ1) is 12.7. The van der Waals surface area contributed by atoms with Crippen molar-refractivity contribution in [2.45, 2.75) is 33.2 Å². The molecule has 4 heteroatoms. The van der Waals surface area contributed by atoms with Gasteiger partial charge in [0.25, 0.3) is 0 Å². The summed E-state index contributed by atoms with van der Waals surface area (Å²) in [6.07, 6.45) is 1.03. The summed E-state index contributed by atoms with van der Waals surface area (Å²) in [5.74, 6) is -0.229. The Morgan fingerprint density at radius 1 is 1.29 bits per heavy atom. The van der Waals surface area contributed by atoms with Gasteiger partial charge in [-0.05, 0) is 33.8 Å². The van der Waals surface area contributed by atoms with E-state index in [9.17, 15) is 4.39 Å². The number of anilines is 2. The van der Waals surface area contributed by atoms with Crippen molar-refractivity contribution < 1.29 is 4.39 Å². The number of nitrogens with one attached hydrogen (secondary N) is 2. The van der Waals surface area contributed by atoms with Crippen LogP contribution in [0.1, 0.15) is 27.2 Å². The lowest BCUT2D eigenvalue weighted by Gasteiger charge is -2.31. The highest BCUT2D eigenvalue weighted by atomic mass is 79.9. The molecule has 0 amide bonds. The first-order valence-corrected chi connectivity index (χ1v) is 6.66. The summed E-state index contributed by atoms with van der Waals surface area (Å²) in [4.78, 5) is 0. The SMILES string of the molecule is CC(C)(C)C1CCNc2cc(F)c(Br)cc2N1. The van der Waals surface area contributed by atoms with Crippen molar-refractivity contribution in [3.8, 4) is 0 Å². The third-order valence-corrected chi connectivity index (χ3v) is 3.79. The molecule has 0 saturated carbocycles. The van der Waals surface area contributed by atoms with Gasteiger partial charge in [0.1, 0.15) is 5.82 Å². The molecule has 1 aliphatic rings. The van der Waals surface area contributed by atoms with Gasteiger partial charge in [-0.1, -0.05) is 20.8 Å². The summed E-state index contributed by atoms with van der Waals surface area (Å²) >= 11 is 3.23. The maximum Gasteiger partial charge on any atom is 0.139 e. The van der Waals surface area contributed by atoms with E-state index in [1.54, 1.807) is 0 Å². The van der Waals surface area contributed by atoms with E-state index in [0.29, 0.717) is 10.5 Å². The van der Waals surface area contributed by atoms with Gasteiger partial charge in [0.15, 0.2) is 0 Å². The first-order chi connectivity index (χ1) is 7.88. The average molecular weight is 301 g/mol. The topological polar surface area (TPSA) is 24.1 Å². The smallest absolute Gasteiger partial charge is 0.139 e. The predicted molar refractivity (Wildman–Crippen MR) is 74.1 cm³/mol. The summed E-state index contributed by atoms with van der Waals surface area (Å²) in [5, 5.41) is 6.78. The van der Waals surface area contributed by atoms with Crippen molar-refractivity contribution in [2.75, 3.05) is 17.2 Å². The van der Waals surface area contributed by atoms with Crippen LogP contribution in [0.25, 0.3) is 0 Å². The Morgan fingerprint density at radius 2 is 2.00 bits per heavy atom. The molecule has 1 aromatic carbocycles. The Bertz CT molecular complexity index is 426. The van der Waals surface area contributed by atoms with Crippen LogP contribution in [0.4, 0.5) is 15.8 Å². The Labute approximate surface area is 110 Å². The number of hydrogen-bond donors (Lipinski definition) is 2. The Morgan fingerprint density at radius 3 is 2.65 bits per heavy atom. The van der Waals surface area contributed by atoms with Crippen LogP contribution in [-0.2, 0) is 0 Å². The molecule has 1 unspecified atom stereocenters. The molecule has 1 aromatic rings. The summed E-state index contributed by atoms with van der Waals surface area (Å²) in [6.45, 7) is 7.51. The minimum Gasteiger partial charge on any atom is -0.383 e. The third kappa shape index (κ3) is 2.73. The Kier molecular flexibility index (Phi) is 3.34. The van der Waals surface area contributed by atoms with Crippen LogP contribution in [0.15, 0.2) is 16.6 Å². The zero-order chi connectivity index (χ0) is 12.6. The van der Waals surface area contributed by atoms with E-state index in [2.05, 4.69) is 47.3 Å². The second kappa shape index (κ2) is 4.48. The first-order valence-electron chi connectivity index (χ1n) is 5.87. The third-order valence-electron chi connectivity index (χ3n) is 3.18. The Balaban J connectivity index is 2.34. The maximum atomic E-state index is 13.5. The molecule has 0 spiro atoms. The molecule has 0 bridgehead atoms. The van der Waals surface area contributed by atoms with Crippen LogP contribution in [0, 0.1) is 11.2 Å². The van der Waals surface area contributed by atoms with Gasteiger partial charge in [0.2, 0.25) is 0 Å². The van der Waals surface area contributed by atoms with Gasteiger partial charge in [-0.25, -0.2) is 4.39 Å². The van der Waals surface area contributed by atoms with E-state index in [0.717, 1.165) is 24.3 Å². The number of benzene rings is 1. The van der Waals surface area contributed by atoms with Crippen LogP contribution in [0.2, 0.25) is 0 Å². The van der Waals surface area contributed by atoms with Crippen molar-refractivity contribution in [3.05, 3.63) is 22.4 Å². The molecule has 1 aliphatic heterocycles. The standard InChI is InChI=1S/C13H18BrFN2/c1-13(2,3)12-4-5-16-10-7-9(15)8(14)6-11(10)17-12/h6-7,12,16-17H,4-5H2,1-3H3. The number of rotatable bonds is 0. The van der Waals surface area contributed by atoms with E-state index < -0.39 is 0 Å². The van der Waals surface area contributed by atoms with Crippen LogP contribution >= 0.6 is 15.9 Å². The van der Waals surface area contributed by atoms with Gasteiger partial charge in [0.05, 0.1) is 15.8 Å². The number of hydrogen-bond acceptors (Lipinski definition) is 2. The normalized spacial score (nSPS) is 19.9. The van der Waals surface area contributed by atoms with Gasteiger partial charge in [0, 0.05) is 18.7 Å². The van der Waals surface area contributed by atoms with Gasteiger partial charge >= 0.3 is 0 Å². The van der Waals surface area contributed by atoms with Crippen LogP contribution in [0.3, 0.4) is 0 Å². The predicted octanol–water partition coefficient (Wildman–Crippen LogP) is 4.23. The van der Waals surface area contributed by atoms with Gasteiger partial charge in [-0.2, -0.15) is 0 Å². The quantitative estimate of drug-likeness (QED) is 0.749. The molecule has 0 saturated heterocycles. The molecule has 1 atom stereocenters. The van der Waals surface area contributed by atoms with Crippen LogP contribution in [-0.4, -0.2) is 12.6 Å². The molecular formula is C13H18BrFN2. The second-order valence-corrected chi connectivity index (χ2v) is 6.44. The monoisotopic (exact) mass is 300 g/mol. The lowest BCUT2D eigenvalue weighted by molar-refractivity contribution is 0.332. The molecule has 17 heavy (non-hydrogen) atoms. The highest BCUT2D eigenvalue weighted by Crippen LogP contribution is 2.35. The van der Waals surface area contributed by atoms with Crippen molar-refractivity contribution in [1.29, 1.82) is 0 Å². The fourth-order valence-electron chi connectivity index (χ4n) is 2.07. The van der Waals surface area contributed by atoms with Crippen molar-refractivity contribution in [1.82, 2.24) is 0 Å². The lowest BCUT2D eigenvalue weighted by atomic mass is 9.85. The minimum absolute atomic E-state index is 0.185. The molecule has 2 rings (SSSR count). The highest BCUT2D eigenvalue weighted by Gasteiger charge is 2.27. The van der Waals surface area contributed by atoms with E-state index in [1.165, 1.54) is 6.07 Å². The summed E-state index contributed by atoms with van der Waals surface area (Å²) < 4.78 is 14.0. The molecule has 0 aromatic heterocycles. The fourth-order valence-corrected chi connectivity index (χ4v) is 2.42. The van der Waals surface area contributed by atoms with Crippen LogP contribution < -0.4 is 10.6 Å². The van der Waals surface area contributed by atoms with Gasteiger partial charge in [-0.15, -0.1) is 0 Å². The van der Waals surface area contributed by atoms with Crippen molar-refractivity contribution in [2.24, 2.45) is 5.41 Å². The second-order valence-electron chi connectivity index (χ2n) is 5.59. The molecular weight excluding hydrogens is 283 g/mol. The summed E-state index contributed by atoms with van der Waals surface area (Å²) in [6, 6.07) is 3.73. The van der Waals surface area contributed by atoms with E-state index in [1.807, 2.05) is 6.07 Å².